The van der Waals surface area contributed by atoms with Crippen molar-refractivity contribution in [3.8, 4) is 0 Å². The molecule has 0 saturated carbocycles. The van der Waals surface area contributed by atoms with Gasteiger partial charge in [0.1, 0.15) is 0 Å². The lowest BCUT2D eigenvalue weighted by molar-refractivity contribution is -0.145. The van der Waals surface area contributed by atoms with E-state index in [0.29, 0.717) is 0 Å². The Hall–Kier alpha value is -2.02. The number of rotatable bonds is 6. The summed E-state index contributed by atoms with van der Waals surface area (Å²) in [7, 11) is 2.39. The Bertz CT molecular complexity index is 475. The number of ether oxygens (including phenoxy) is 2. The van der Waals surface area contributed by atoms with Crippen LogP contribution in [0.25, 0.3) is 0 Å². The standard InChI is InChI=1S/C13H15F2NO4/c1-19-11(17)7-16(8-12(18)20-2)6-9-4-3-5-10(14)13(9)15/h3-5H,6-8H2,1-2H3. The zero-order chi connectivity index (χ0) is 15.1. The predicted molar refractivity (Wildman–Crippen MR) is 65.7 cm³/mol. The fraction of sp³-hybridized carbons (Fsp3) is 0.385. The zero-order valence-electron chi connectivity index (χ0n) is 11.2. The Balaban J connectivity index is 2.84. The zero-order valence-corrected chi connectivity index (χ0v) is 11.2. The van der Waals surface area contributed by atoms with Gasteiger partial charge in [0, 0.05) is 12.1 Å². The molecule has 0 unspecified atom stereocenters. The van der Waals surface area contributed by atoms with Crippen molar-refractivity contribution in [2.24, 2.45) is 0 Å². The van der Waals surface area contributed by atoms with Crippen LogP contribution < -0.4 is 0 Å². The van der Waals surface area contributed by atoms with Crippen LogP contribution in [0.4, 0.5) is 8.78 Å². The van der Waals surface area contributed by atoms with E-state index in [4.69, 9.17) is 0 Å². The maximum absolute atomic E-state index is 13.6. The molecule has 0 saturated heterocycles. The van der Waals surface area contributed by atoms with Crippen LogP contribution >= 0.6 is 0 Å². The number of esters is 2. The summed E-state index contributed by atoms with van der Waals surface area (Å²) in [5.41, 5.74) is 0.0396. The molecule has 20 heavy (non-hydrogen) atoms. The smallest absolute Gasteiger partial charge is 0.319 e. The molecule has 0 N–H and O–H groups in total. The number of methoxy groups -OCH3 is 2. The largest absolute Gasteiger partial charge is 0.468 e. The van der Waals surface area contributed by atoms with E-state index >= 15 is 0 Å². The number of halogens is 2. The molecule has 110 valence electrons. The highest BCUT2D eigenvalue weighted by Crippen LogP contribution is 2.13. The second-order valence-electron chi connectivity index (χ2n) is 4.01. The van der Waals surface area contributed by atoms with Gasteiger partial charge in [-0.2, -0.15) is 0 Å². The lowest BCUT2D eigenvalue weighted by Gasteiger charge is -2.20. The quantitative estimate of drug-likeness (QED) is 0.734. The Kier molecular flexibility index (Phi) is 6.05. The number of hydrogen-bond donors (Lipinski definition) is 0. The van der Waals surface area contributed by atoms with Gasteiger partial charge < -0.3 is 9.47 Å². The van der Waals surface area contributed by atoms with E-state index in [-0.39, 0.29) is 25.2 Å². The molecule has 0 bridgehead atoms. The summed E-state index contributed by atoms with van der Waals surface area (Å²) in [5.74, 6) is -3.18. The second kappa shape index (κ2) is 7.54. The van der Waals surface area contributed by atoms with Crippen molar-refractivity contribution in [3.05, 3.63) is 35.4 Å². The van der Waals surface area contributed by atoms with Gasteiger partial charge in [-0.25, -0.2) is 8.78 Å². The topological polar surface area (TPSA) is 55.8 Å². The number of benzene rings is 1. The summed E-state index contributed by atoms with van der Waals surface area (Å²) in [5, 5.41) is 0. The molecule has 0 spiro atoms. The van der Waals surface area contributed by atoms with Gasteiger partial charge in [-0.05, 0) is 6.07 Å². The van der Waals surface area contributed by atoms with Gasteiger partial charge in [0.05, 0.1) is 27.3 Å². The first-order chi connectivity index (χ1) is 9.47. The number of carbonyl (C=O) groups excluding carboxylic acids is 2. The molecule has 0 heterocycles. The molecule has 1 aromatic rings. The van der Waals surface area contributed by atoms with Crippen LogP contribution in [0, 0.1) is 11.6 Å². The molecule has 5 nitrogen and oxygen atoms in total. The normalized spacial score (nSPS) is 10.4. The molecule has 0 aromatic heterocycles. The van der Waals surface area contributed by atoms with Crippen molar-refractivity contribution in [1.82, 2.24) is 4.90 Å². The monoisotopic (exact) mass is 287 g/mol. The summed E-state index contributed by atoms with van der Waals surface area (Å²) in [4.78, 5) is 23.8. The van der Waals surface area contributed by atoms with E-state index in [1.807, 2.05) is 0 Å². The van der Waals surface area contributed by atoms with Crippen molar-refractivity contribution in [1.29, 1.82) is 0 Å². The molecule has 0 fully saturated rings. The highest BCUT2D eigenvalue weighted by atomic mass is 19.2. The fourth-order valence-corrected chi connectivity index (χ4v) is 1.57. The molecule has 0 aliphatic heterocycles. The van der Waals surface area contributed by atoms with Crippen LogP contribution in [0.15, 0.2) is 18.2 Å². The van der Waals surface area contributed by atoms with Gasteiger partial charge in [0.15, 0.2) is 11.6 Å². The van der Waals surface area contributed by atoms with Crippen LogP contribution in [0.3, 0.4) is 0 Å². The van der Waals surface area contributed by atoms with E-state index in [2.05, 4.69) is 9.47 Å². The molecule has 1 aromatic carbocycles. The number of nitrogens with zero attached hydrogens (tertiary/aromatic N) is 1. The summed E-state index contributed by atoms with van der Waals surface area (Å²) >= 11 is 0. The first-order valence-electron chi connectivity index (χ1n) is 5.76. The van der Waals surface area contributed by atoms with E-state index in [9.17, 15) is 18.4 Å². The lowest BCUT2D eigenvalue weighted by atomic mass is 10.2. The highest BCUT2D eigenvalue weighted by molar-refractivity contribution is 5.74. The highest BCUT2D eigenvalue weighted by Gasteiger charge is 2.18. The Morgan fingerprint density at radius 1 is 1.10 bits per heavy atom. The average molecular weight is 287 g/mol. The van der Waals surface area contributed by atoms with Crippen LogP contribution in [0.1, 0.15) is 5.56 Å². The molecule has 0 aliphatic rings. The van der Waals surface area contributed by atoms with Crippen LogP contribution in [-0.2, 0) is 25.6 Å². The SMILES string of the molecule is COC(=O)CN(CC(=O)OC)Cc1cccc(F)c1F. The lowest BCUT2D eigenvalue weighted by Crippen LogP contribution is -2.35. The molecule has 0 aliphatic carbocycles. The van der Waals surface area contributed by atoms with E-state index in [0.717, 1.165) is 6.07 Å². The second-order valence-corrected chi connectivity index (χ2v) is 4.01. The Morgan fingerprint density at radius 3 is 2.15 bits per heavy atom. The number of carbonyl (C=O) groups is 2. The van der Waals surface area contributed by atoms with Gasteiger partial charge in [-0.15, -0.1) is 0 Å². The molecule has 0 atom stereocenters. The third-order valence-electron chi connectivity index (χ3n) is 2.59. The van der Waals surface area contributed by atoms with Gasteiger partial charge >= 0.3 is 11.9 Å². The summed E-state index contributed by atoms with van der Waals surface area (Å²) in [6.45, 7) is -0.586. The molecular formula is C13H15F2NO4. The molecule has 0 radical (unpaired) electrons. The minimum atomic E-state index is -1.01. The van der Waals surface area contributed by atoms with Crippen molar-refractivity contribution in [2.45, 2.75) is 6.54 Å². The van der Waals surface area contributed by atoms with Crippen molar-refractivity contribution in [3.63, 3.8) is 0 Å². The third kappa shape index (κ3) is 4.58. The van der Waals surface area contributed by atoms with Crippen LogP contribution in [0.2, 0.25) is 0 Å². The minimum Gasteiger partial charge on any atom is -0.468 e. The fourth-order valence-electron chi connectivity index (χ4n) is 1.57. The number of hydrogen-bond acceptors (Lipinski definition) is 5. The van der Waals surface area contributed by atoms with E-state index < -0.39 is 23.6 Å². The first kappa shape index (κ1) is 16.0. The van der Waals surface area contributed by atoms with Gasteiger partial charge in [0.25, 0.3) is 0 Å². The summed E-state index contributed by atoms with van der Waals surface area (Å²) in [6.07, 6.45) is 0. The Labute approximate surface area is 115 Å². The minimum absolute atomic E-state index is 0.0396. The summed E-state index contributed by atoms with van der Waals surface area (Å²) in [6, 6.07) is 3.71. The third-order valence-corrected chi connectivity index (χ3v) is 2.59. The van der Waals surface area contributed by atoms with Gasteiger partial charge in [-0.1, -0.05) is 12.1 Å². The maximum Gasteiger partial charge on any atom is 0.319 e. The molecule has 7 heteroatoms. The van der Waals surface area contributed by atoms with Crippen LogP contribution in [0.5, 0.6) is 0 Å². The van der Waals surface area contributed by atoms with Crippen molar-refractivity contribution < 1.29 is 27.8 Å². The van der Waals surface area contributed by atoms with Crippen LogP contribution in [-0.4, -0.2) is 44.1 Å². The van der Waals surface area contributed by atoms with Crippen molar-refractivity contribution in [2.75, 3.05) is 27.3 Å². The summed E-state index contributed by atoms with van der Waals surface area (Å²) < 4.78 is 35.7. The predicted octanol–water partition coefficient (Wildman–Crippen LogP) is 1.11. The van der Waals surface area contributed by atoms with Gasteiger partial charge in [-0.3, -0.25) is 14.5 Å². The average Bonchev–Trinajstić information content (AvgIpc) is 2.43. The molecular weight excluding hydrogens is 272 g/mol. The maximum atomic E-state index is 13.6. The molecule has 1 rings (SSSR count). The Morgan fingerprint density at radius 2 is 1.65 bits per heavy atom. The van der Waals surface area contributed by atoms with E-state index in [1.165, 1.54) is 31.3 Å². The van der Waals surface area contributed by atoms with E-state index in [1.54, 1.807) is 0 Å². The molecule has 0 amide bonds. The van der Waals surface area contributed by atoms with Gasteiger partial charge in [0.2, 0.25) is 0 Å². The van der Waals surface area contributed by atoms with Crippen molar-refractivity contribution >= 4 is 11.9 Å². The first-order valence-corrected chi connectivity index (χ1v) is 5.76.